The molecule has 0 N–H and O–H groups in total. The number of amides is 1. The summed E-state index contributed by atoms with van der Waals surface area (Å²) in [5, 5.41) is 0. The van der Waals surface area contributed by atoms with E-state index in [9.17, 15) is 4.79 Å². The van der Waals surface area contributed by atoms with Crippen LogP contribution in [0.1, 0.15) is 31.4 Å². The first-order chi connectivity index (χ1) is 14.1. The first kappa shape index (κ1) is 19.2. The number of nitrogens with zero attached hydrogens (tertiary/aromatic N) is 1. The topological polar surface area (TPSA) is 66.5 Å². The normalized spacial score (nSPS) is 18.4. The molecule has 4 rings (SSSR count). The lowest BCUT2D eigenvalue weighted by atomic mass is 10.0. The monoisotopic (exact) mass is 399 g/mol. The van der Waals surface area contributed by atoms with Crippen molar-refractivity contribution in [3.8, 4) is 28.7 Å². The Morgan fingerprint density at radius 1 is 1.07 bits per heavy atom. The molecule has 2 atom stereocenters. The van der Waals surface area contributed by atoms with Gasteiger partial charge in [-0.1, -0.05) is 0 Å². The fraction of sp³-hybridized carbons (Fsp3) is 0.409. The molecular formula is C22H25NO6. The molecule has 2 aliphatic rings. The van der Waals surface area contributed by atoms with Crippen molar-refractivity contribution in [3.63, 3.8) is 0 Å². The molecule has 0 saturated carbocycles. The van der Waals surface area contributed by atoms with Gasteiger partial charge in [-0.3, -0.25) is 4.79 Å². The fourth-order valence-corrected chi connectivity index (χ4v) is 3.89. The number of methoxy groups -OCH3 is 2. The van der Waals surface area contributed by atoms with Gasteiger partial charge in [0.1, 0.15) is 17.2 Å². The second-order valence-electron chi connectivity index (χ2n) is 7.07. The van der Waals surface area contributed by atoms with Crippen molar-refractivity contribution in [1.29, 1.82) is 0 Å². The van der Waals surface area contributed by atoms with Gasteiger partial charge < -0.3 is 28.6 Å². The summed E-state index contributed by atoms with van der Waals surface area (Å²) in [5.74, 6) is 3.31. The predicted molar refractivity (Wildman–Crippen MR) is 106 cm³/mol. The third-order valence-electron chi connectivity index (χ3n) is 5.34. The Bertz CT molecular complexity index is 899. The lowest BCUT2D eigenvalue weighted by Gasteiger charge is -2.29. The fourth-order valence-electron chi connectivity index (χ4n) is 3.89. The maximum atomic E-state index is 13.2. The summed E-state index contributed by atoms with van der Waals surface area (Å²) in [4.78, 5) is 15.1. The van der Waals surface area contributed by atoms with Crippen molar-refractivity contribution in [2.75, 3.05) is 27.6 Å². The smallest absolute Gasteiger partial charge is 0.263 e. The Labute approximate surface area is 170 Å². The molecule has 0 aliphatic carbocycles. The summed E-state index contributed by atoms with van der Waals surface area (Å²) < 4.78 is 27.5. The maximum Gasteiger partial charge on any atom is 0.263 e. The van der Waals surface area contributed by atoms with Gasteiger partial charge in [-0.15, -0.1) is 0 Å². The zero-order valence-corrected chi connectivity index (χ0v) is 16.8. The highest BCUT2D eigenvalue weighted by Gasteiger charge is 2.35. The minimum absolute atomic E-state index is 0.0601. The van der Waals surface area contributed by atoms with Crippen molar-refractivity contribution in [3.05, 3.63) is 42.0 Å². The Kier molecular flexibility index (Phi) is 5.38. The van der Waals surface area contributed by atoms with E-state index in [1.165, 1.54) is 0 Å². The van der Waals surface area contributed by atoms with Gasteiger partial charge in [0, 0.05) is 18.2 Å². The van der Waals surface area contributed by atoms with E-state index in [1.807, 2.05) is 23.1 Å². The van der Waals surface area contributed by atoms with Crippen LogP contribution in [0.5, 0.6) is 28.7 Å². The molecule has 0 bridgehead atoms. The average Bonchev–Trinajstić information content (AvgIpc) is 3.41. The van der Waals surface area contributed by atoms with E-state index >= 15 is 0 Å². The molecule has 2 aliphatic heterocycles. The van der Waals surface area contributed by atoms with Crippen molar-refractivity contribution < 1.29 is 28.5 Å². The standard InChI is InChI=1S/C22H25NO6/c1-14(29-16-7-9-20-21(12-16)28-13-27-20)22(24)23-10-4-5-18(23)17-11-15(25-2)6-8-19(17)26-3/h6-9,11-12,14,18H,4-5,10,13H2,1-3H3/t14-,18+/m0/s1. The number of rotatable bonds is 6. The molecule has 1 amide bonds. The van der Waals surface area contributed by atoms with Crippen molar-refractivity contribution in [2.24, 2.45) is 0 Å². The van der Waals surface area contributed by atoms with Gasteiger partial charge in [0.25, 0.3) is 5.91 Å². The second kappa shape index (κ2) is 8.11. The van der Waals surface area contributed by atoms with Gasteiger partial charge in [0.2, 0.25) is 6.79 Å². The molecule has 2 heterocycles. The molecule has 0 aromatic heterocycles. The quantitative estimate of drug-likeness (QED) is 0.740. The molecule has 2 aromatic rings. The van der Waals surface area contributed by atoms with Crippen molar-refractivity contribution >= 4 is 5.91 Å². The average molecular weight is 399 g/mol. The van der Waals surface area contributed by atoms with Gasteiger partial charge >= 0.3 is 0 Å². The summed E-state index contributed by atoms with van der Waals surface area (Å²) in [6.07, 6.45) is 1.16. The lowest BCUT2D eigenvalue weighted by Crippen LogP contribution is -2.40. The van der Waals surface area contributed by atoms with E-state index in [-0.39, 0.29) is 18.7 Å². The van der Waals surface area contributed by atoms with Gasteiger partial charge in [-0.25, -0.2) is 0 Å². The zero-order chi connectivity index (χ0) is 20.4. The van der Waals surface area contributed by atoms with E-state index in [0.717, 1.165) is 29.9 Å². The van der Waals surface area contributed by atoms with Crippen LogP contribution in [0.4, 0.5) is 0 Å². The Morgan fingerprint density at radius 3 is 2.66 bits per heavy atom. The van der Waals surface area contributed by atoms with Crippen LogP contribution in [0.3, 0.4) is 0 Å². The summed E-state index contributed by atoms with van der Waals surface area (Å²) in [6.45, 7) is 2.65. The van der Waals surface area contributed by atoms with Crippen LogP contribution in [0.25, 0.3) is 0 Å². The molecule has 2 aromatic carbocycles. The van der Waals surface area contributed by atoms with E-state index in [2.05, 4.69) is 0 Å². The molecule has 7 nitrogen and oxygen atoms in total. The van der Waals surface area contributed by atoms with Gasteiger partial charge in [-0.05, 0) is 50.1 Å². The molecule has 0 unspecified atom stereocenters. The highest BCUT2D eigenvalue weighted by molar-refractivity contribution is 5.82. The first-order valence-electron chi connectivity index (χ1n) is 9.69. The SMILES string of the molecule is COc1ccc(OC)c([C@H]2CCCN2C(=O)[C@H](C)Oc2ccc3c(c2)OCO3)c1. The lowest BCUT2D eigenvalue weighted by molar-refractivity contribution is -0.139. The number of fused-ring (bicyclic) bond motifs is 1. The summed E-state index contributed by atoms with van der Waals surface area (Å²) in [7, 11) is 3.27. The van der Waals surface area contributed by atoms with E-state index < -0.39 is 6.10 Å². The third-order valence-corrected chi connectivity index (χ3v) is 5.34. The molecule has 29 heavy (non-hydrogen) atoms. The number of hydrogen-bond donors (Lipinski definition) is 0. The minimum Gasteiger partial charge on any atom is -0.497 e. The van der Waals surface area contributed by atoms with Crippen LogP contribution >= 0.6 is 0 Å². The van der Waals surface area contributed by atoms with E-state index in [0.29, 0.717) is 23.8 Å². The highest BCUT2D eigenvalue weighted by Crippen LogP contribution is 2.40. The molecule has 154 valence electrons. The van der Waals surface area contributed by atoms with Crippen molar-refractivity contribution in [1.82, 2.24) is 4.90 Å². The van der Waals surface area contributed by atoms with Gasteiger partial charge in [0.05, 0.1) is 20.3 Å². The maximum absolute atomic E-state index is 13.2. The van der Waals surface area contributed by atoms with Crippen LogP contribution in [0, 0.1) is 0 Å². The number of carbonyl (C=O) groups is 1. The number of carbonyl (C=O) groups excluding carboxylic acids is 1. The Balaban J connectivity index is 1.52. The summed E-state index contributed by atoms with van der Waals surface area (Å²) in [5.41, 5.74) is 0.952. The molecular weight excluding hydrogens is 374 g/mol. The molecule has 1 fully saturated rings. The van der Waals surface area contributed by atoms with Gasteiger partial charge in [-0.2, -0.15) is 0 Å². The van der Waals surface area contributed by atoms with E-state index in [4.69, 9.17) is 23.7 Å². The van der Waals surface area contributed by atoms with Crippen LogP contribution in [0.2, 0.25) is 0 Å². The highest BCUT2D eigenvalue weighted by atomic mass is 16.7. The van der Waals surface area contributed by atoms with Gasteiger partial charge in [0.15, 0.2) is 17.6 Å². The molecule has 0 radical (unpaired) electrons. The molecule has 7 heteroatoms. The first-order valence-corrected chi connectivity index (χ1v) is 9.69. The van der Waals surface area contributed by atoms with Crippen LogP contribution in [-0.4, -0.2) is 44.5 Å². The Hall–Kier alpha value is -3.09. The summed E-state index contributed by atoms with van der Waals surface area (Å²) in [6, 6.07) is 10.9. The second-order valence-corrected chi connectivity index (χ2v) is 7.07. The summed E-state index contributed by atoms with van der Waals surface area (Å²) >= 11 is 0. The predicted octanol–water partition coefficient (Wildman–Crippen LogP) is 3.56. The Morgan fingerprint density at radius 2 is 1.86 bits per heavy atom. The number of hydrogen-bond acceptors (Lipinski definition) is 6. The zero-order valence-electron chi connectivity index (χ0n) is 16.8. The third kappa shape index (κ3) is 3.77. The number of ether oxygens (including phenoxy) is 5. The van der Waals surface area contributed by atoms with Crippen LogP contribution in [0.15, 0.2) is 36.4 Å². The minimum atomic E-state index is -0.632. The number of benzene rings is 2. The van der Waals surface area contributed by atoms with Crippen LogP contribution < -0.4 is 23.7 Å². The van der Waals surface area contributed by atoms with Crippen LogP contribution in [-0.2, 0) is 4.79 Å². The number of likely N-dealkylation sites (tertiary alicyclic amines) is 1. The van der Waals surface area contributed by atoms with Crippen molar-refractivity contribution in [2.45, 2.75) is 31.9 Å². The largest absolute Gasteiger partial charge is 0.497 e. The molecule has 0 spiro atoms. The molecule has 1 saturated heterocycles. The van der Waals surface area contributed by atoms with E-state index in [1.54, 1.807) is 39.3 Å².